The highest BCUT2D eigenvalue weighted by Gasteiger charge is 2.44. The summed E-state index contributed by atoms with van der Waals surface area (Å²) in [6, 6.07) is 0. The average molecular weight is 241 g/mol. The highest BCUT2D eigenvalue weighted by molar-refractivity contribution is 5.83. The predicted molar refractivity (Wildman–Crippen MR) is 70.8 cm³/mol. The summed E-state index contributed by atoms with van der Waals surface area (Å²) in [6.07, 6.45) is 4.14. The van der Waals surface area contributed by atoms with Crippen LogP contribution in [0.3, 0.4) is 0 Å². The third-order valence-corrected chi connectivity index (χ3v) is 3.86. The van der Waals surface area contributed by atoms with Crippen molar-refractivity contribution >= 4 is 5.91 Å². The number of hydrogen-bond donors (Lipinski definition) is 1. The number of amides is 1. The molecule has 0 atom stereocenters. The Hall–Kier alpha value is -0.610. The van der Waals surface area contributed by atoms with Crippen LogP contribution in [0.5, 0.6) is 0 Å². The zero-order valence-electron chi connectivity index (χ0n) is 11.5. The molecule has 17 heavy (non-hydrogen) atoms. The predicted octanol–water partition coefficient (Wildman–Crippen LogP) is 0.916. The molecule has 0 aromatic heterocycles. The van der Waals surface area contributed by atoms with Gasteiger partial charge in [0.15, 0.2) is 0 Å². The van der Waals surface area contributed by atoms with E-state index >= 15 is 0 Å². The number of carbonyl (C=O) groups is 1. The molecule has 1 saturated carbocycles. The van der Waals surface area contributed by atoms with Crippen molar-refractivity contribution in [2.24, 2.45) is 11.1 Å². The molecule has 4 nitrogen and oxygen atoms in total. The summed E-state index contributed by atoms with van der Waals surface area (Å²) in [5, 5.41) is 0. The summed E-state index contributed by atoms with van der Waals surface area (Å²) in [6.45, 7) is 5.25. The first-order valence-corrected chi connectivity index (χ1v) is 6.70. The zero-order chi connectivity index (χ0) is 12.9. The molecule has 1 amide bonds. The Balaban J connectivity index is 2.46. The number of carbonyl (C=O) groups excluding carboxylic acids is 1. The minimum absolute atomic E-state index is 0.214. The molecule has 1 aliphatic rings. The fourth-order valence-corrected chi connectivity index (χ4v) is 2.43. The molecule has 0 aromatic carbocycles. The minimum atomic E-state index is -0.214. The molecule has 1 aliphatic carbocycles. The number of nitrogens with zero attached hydrogens (tertiary/aromatic N) is 2. The van der Waals surface area contributed by atoms with E-state index in [-0.39, 0.29) is 11.3 Å². The van der Waals surface area contributed by atoms with E-state index in [2.05, 4.69) is 25.9 Å². The van der Waals surface area contributed by atoms with Crippen LogP contribution in [0.25, 0.3) is 0 Å². The van der Waals surface area contributed by atoms with Crippen LogP contribution < -0.4 is 5.73 Å². The summed E-state index contributed by atoms with van der Waals surface area (Å²) in [4.78, 5) is 16.6. The highest BCUT2D eigenvalue weighted by atomic mass is 16.2. The molecule has 100 valence electrons. The lowest BCUT2D eigenvalue weighted by atomic mass is 9.68. The summed E-state index contributed by atoms with van der Waals surface area (Å²) in [5.74, 6) is 0.285. The molecule has 1 rings (SSSR count). The first-order valence-electron chi connectivity index (χ1n) is 6.70. The fraction of sp³-hybridized carbons (Fsp3) is 0.923. The summed E-state index contributed by atoms with van der Waals surface area (Å²) >= 11 is 0. The van der Waals surface area contributed by atoms with E-state index in [4.69, 9.17) is 5.73 Å². The number of rotatable bonds is 7. The van der Waals surface area contributed by atoms with Crippen molar-refractivity contribution in [2.75, 3.05) is 40.3 Å². The van der Waals surface area contributed by atoms with Crippen LogP contribution in [-0.2, 0) is 4.79 Å². The maximum Gasteiger partial charge on any atom is 0.230 e. The summed E-state index contributed by atoms with van der Waals surface area (Å²) in [5.41, 5.74) is 5.57. The number of nitrogens with two attached hydrogens (primary N) is 1. The van der Waals surface area contributed by atoms with Crippen molar-refractivity contribution in [1.82, 2.24) is 9.80 Å². The second-order valence-electron chi connectivity index (χ2n) is 5.38. The SMILES string of the molecule is CCN(CCCN(C)C)C(=O)C1(CN)CCC1. The molecule has 0 unspecified atom stereocenters. The van der Waals surface area contributed by atoms with Gasteiger partial charge in [0.25, 0.3) is 0 Å². The van der Waals surface area contributed by atoms with Gasteiger partial charge in [-0.25, -0.2) is 0 Å². The van der Waals surface area contributed by atoms with Gasteiger partial charge in [-0.15, -0.1) is 0 Å². The summed E-state index contributed by atoms with van der Waals surface area (Å²) < 4.78 is 0. The fourth-order valence-electron chi connectivity index (χ4n) is 2.43. The highest BCUT2D eigenvalue weighted by Crippen LogP contribution is 2.41. The van der Waals surface area contributed by atoms with Crippen LogP contribution >= 0.6 is 0 Å². The van der Waals surface area contributed by atoms with Crippen LogP contribution in [0.4, 0.5) is 0 Å². The Bertz CT molecular complexity index is 244. The van der Waals surface area contributed by atoms with Gasteiger partial charge in [-0.3, -0.25) is 4.79 Å². The Morgan fingerprint density at radius 3 is 2.29 bits per heavy atom. The van der Waals surface area contributed by atoms with E-state index in [9.17, 15) is 4.79 Å². The molecule has 0 heterocycles. The van der Waals surface area contributed by atoms with E-state index < -0.39 is 0 Å². The standard InChI is InChI=1S/C13H27N3O/c1-4-16(10-6-9-15(2)3)12(17)13(11-14)7-5-8-13/h4-11,14H2,1-3H3. The van der Waals surface area contributed by atoms with Gasteiger partial charge < -0.3 is 15.5 Å². The van der Waals surface area contributed by atoms with E-state index in [0.29, 0.717) is 6.54 Å². The van der Waals surface area contributed by atoms with Crippen molar-refractivity contribution in [3.05, 3.63) is 0 Å². The van der Waals surface area contributed by atoms with Gasteiger partial charge in [0.05, 0.1) is 5.41 Å². The smallest absolute Gasteiger partial charge is 0.230 e. The van der Waals surface area contributed by atoms with E-state index in [0.717, 1.165) is 45.3 Å². The lowest BCUT2D eigenvalue weighted by molar-refractivity contribution is -0.146. The third-order valence-electron chi connectivity index (χ3n) is 3.86. The van der Waals surface area contributed by atoms with Crippen molar-refractivity contribution < 1.29 is 4.79 Å². The van der Waals surface area contributed by atoms with Gasteiger partial charge in [0.2, 0.25) is 5.91 Å². The van der Waals surface area contributed by atoms with Crippen molar-refractivity contribution in [1.29, 1.82) is 0 Å². The molecular weight excluding hydrogens is 214 g/mol. The molecule has 0 aliphatic heterocycles. The molecule has 2 N–H and O–H groups in total. The lowest BCUT2D eigenvalue weighted by Crippen LogP contribution is -2.52. The second kappa shape index (κ2) is 6.36. The Labute approximate surface area is 105 Å². The molecule has 0 radical (unpaired) electrons. The first kappa shape index (κ1) is 14.5. The molecule has 0 spiro atoms. The van der Waals surface area contributed by atoms with Gasteiger partial charge in [-0.1, -0.05) is 6.42 Å². The molecule has 4 heteroatoms. The Morgan fingerprint density at radius 2 is 1.94 bits per heavy atom. The molecule has 1 fully saturated rings. The van der Waals surface area contributed by atoms with Crippen LogP contribution in [-0.4, -0.2) is 56.0 Å². The Kier molecular flexibility index (Phi) is 5.40. The molecule has 0 bridgehead atoms. The summed E-state index contributed by atoms with van der Waals surface area (Å²) in [7, 11) is 4.12. The quantitative estimate of drug-likeness (QED) is 0.721. The van der Waals surface area contributed by atoms with Crippen LogP contribution in [0.1, 0.15) is 32.6 Å². The van der Waals surface area contributed by atoms with Crippen molar-refractivity contribution in [3.8, 4) is 0 Å². The topological polar surface area (TPSA) is 49.6 Å². The maximum atomic E-state index is 12.4. The van der Waals surface area contributed by atoms with Crippen molar-refractivity contribution in [3.63, 3.8) is 0 Å². The normalized spacial score (nSPS) is 17.9. The third kappa shape index (κ3) is 3.42. The van der Waals surface area contributed by atoms with Gasteiger partial charge in [-0.05, 0) is 46.8 Å². The number of hydrogen-bond acceptors (Lipinski definition) is 3. The lowest BCUT2D eigenvalue weighted by Gasteiger charge is -2.42. The Morgan fingerprint density at radius 1 is 1.29 bits per heavy atom. The monoisotopic (exact) mass is 241 g/mol. The van der Waals surface area contributed by atoms with Crippen LogP contribution in [0.15, 0.2) is 0 Å². The molecular formula is C13H27N3O. The maximum absolute atomic E-state index is 12.4. The van der Waals surface area contributed by atoms with Gasteiger partial charge in [0.1, 0.15) is 0 Å². The van der Waals surface area contributed by atoms with E-state index in [1.807, 2.05) is 4.90 Å². The largest absolute Gasteiger partial charge is 0.342 e. The van der Waals surface area contributed by atoms with Crippen LogP contribution in [0, 0.1) is 5.41 Å². The second-order valence-corrected chi connectivity index (χ2v) is 5.38. The molecule has 0 aromatic rings. The van der Waals surface area contributed by atoms with E-state index in [1.54, 1.807) is 0 Å². The molecule has 0 saturated heterocycles. The van der Waals surface area contributed by atoms with Gasteiger partial charge in [-0.2, -0.15) is 0 Å². The van der Waals surface area contributed by atoms with E-state index in [1.165, 1.54) is 0 Å². The first-order chi connectivity index (χ1) is 8.05. The van der Waals surface area contributed by atoms with Crippen LogP contribution in [0.2, 0.25) is 0 Å². The van der Waals surface area contributed by atoms with Gasteiger partial charge in [0, 0.05) is 19.6 Å². The minimum Gasteiger partial charge on any atom is -0.342 e. The average Bonchev–Trinajstić information content (AvgIpc) is 2.23. The zero-order valence-corrected chi connectivity index (χ0v) is 11.5. The van der Waals surface area contributed by atoms with Gasteiger partial charge >= 0.3 is 0 Å². The van der Waals surface area contributed by atoms with Crippen molar-refractivity contribution in [2.45, 2.75) is 32.6 Å².